The number of aromatic nitrogens is 1. The Morgan fingerprint density at radius 3 is 2.85 bits per heavy atom. The molecule has 0 unspecified atom stereocenters. The molecule has 2 aromatic carbocycles. The van der Waals surface area contributed by atoms with Gasteiger partial charge in [-0.05, 0) is 60.2 Å². The van der Waals surface area contributed by atoms with E-state index in [1.54, 1.807) is 11.4 Å². The Bertz CT molecular complexity index is 1220. The zero-order valence-electron chi connectivity index (χ0n) is 18.9. The van der Waals surface area contributed by atoms with Crippen LogP contribution in [0, 0.1) is 5.82 Å². The third kappa shape index (κ3) is 4.82. The van der Waals surface area contributed by atoms with Crippen LogP contribution in [0.2, 0.25) is 0 Å². The lowest BCUT2D eigenvalue weighted by atomic mass is 9.87. The summed E-state index contributed by atoms with van der Waals surface area (Å²) in [7, 11) is 0. The van der Waals surface area contributed by atoms with Crippen molar-refractivity contribution in [1.82, 2.24) is 15.2 Å². The van der Waals surface area contributed by atoms with Gasteiger partial charge in [0.1, 0.15) is 28.9 Å². The van der Waals surface area contributed by atoms with Gasteiger partial charge in [0.15, 0.2) is 0 Å². The van der Waals surface area contributed by atoms with Crippen molar-refractivity contribution in [3.8, 4) is 5.75 Å². The molecule has 1 fully saturated rings. The van der Waals surface area contributed by atoms with Gasteiger partial charge in [-0.25, -0.2) is 9.37 Å². The first-order valence-electron chi connectivity index (χ1n) is 11.6. The van der Waals surface area contributed by atoms with Gasteiger partial charge in [-0.1, -0.05) is 25.1 Å². The quantitative estimate of drug-likeness (QED) is 0.536. The summed E-state index contributed by atoms with van der Waals surface area (Å²) in [6.45, 7) is 2.67. The number of hydrogen-bond donors (Lipinski definition) is 1. The first-order chi connectivity index (χ1) is 16.5. The molecule has 2 heterocycles. The third-order valence-corrected chi connectivity index (χ3v) is 7.01. The zero-order chi connectivity index (χ0) is 23.7. The molecule has 5 rings (SSSR count). The average molecular weight is 480 g/mol. The van der Waals surface area contributed by atoms with E-state index in [2.05, 4.69) is 10.3 Å². The lowest BCUT2D eigenvalue weighted by Crippen LogP contribution is -2.40. The Labute approximate surface area is 201 Å². The number of rotatable bonds is 7. The molecule has 1 N–H and O–H groups in total. The Kier molecular flexibility index (Phi) is 6.32. The normalized spacial score (nSPS) is 17.2. The summed E-state index contributed by atoms with van der Waals surface area (Å²) < 4.78 is 20.1. The number of ether oxygens (including phenoxy) is 1. The van der Waals surface area contributed by atoms with Crippen LogP contribution in [0.5, 0.6) is 5.75 Å². The highest BCUT2D eigenvalue weighted by Crippen LogP contribution is 2.38. The van der Waals surface area contributed by atoms with E-state index >= 15 is 0 Å². The molecule has 8 heteroatoms. The van der Waals surface area contributed by atoms with Crippen LogP contribution in [0.4, 0.5) is 4.39 Å². The van der Waals surface area contributed by atoms with Gasteiger partial charge in [-0.2, -0.15) is 0 Å². The smallest absolute Gasteiger partial charge is 0.270 e. The predicted octanol–water partition coefficient (Wildman–Crippen LogP) is 4.64. The maximum atomic E-state index is 14.1. The maximum absolute atomic E-state index is 14.1. The van der Waals surface area contributed by atoms with E-state index in [1.165, 1.54) is 23.5 Å². The highest BCUT2D eigenvalue weighted by molar-refractivity contribution is 7.09. The number of nitrogens with one attached hydrogen (secondary N) is 1. The van der Waals surface area contributed by atoms with Gasteiger partial charge in [0.2, 0.25) is 5.91 Å². The number of thiazole rings is 1. The van der Waals surface area contributed by atoms with E-state index in [9.17, 15) is 14.0 Å². The number of benzene rings is 2. The Balaban J connectivity index is 1.37. The van der Waals surface area contributed by atoms with Crippen LogP contribution in [0.3, 0.4) is 0 Å². The fourth-order valence-corrected chi connectivity index (χ4v) is 4.99. The van der Waals surface area contributed by atoms with Gasteiger partial charge < -0.3 is 15.0 Å². The maximum Gasteiger partial charge on any atom is 0.270 e. The van der Waals surface area contributed by atoms with Crippen LogP contribution in [0.15, 0.2) is 47.8 Å². The van der Waals surface area contributed by atoms with Gasteiger partial charge in [-0.3, -0.25) is 9.59 Å². The number of carbonyl (C=O) groups excluding carboxylic acids is 2. The Morgan fingerprint density at radius 2 is 2.09 bits per heavy atom. The number of halogens is 1. The number of amides is 2. The second kappa shape index (κ2) is 9.54. The minimum Gasteiger partial charge on any atom is -0.486 e. The van der Waals surface area contributed by atoms with Crippen molar-refractivity contribution in [1.29, 1.82) is 0 Å². The van der Waals surface area contributed by atoms with Crippen LogP contribution < -0.4 is 10.1 Å². The molecule has 0 saturated heterocycles. The minimum absolute atomic E-state index is 0.0334. The summed E-state index contributed by atoms with van der Waals surface area (Å²) in [5.74, 6) is 0.208. The first kappa shape index (κ1) is 22.5. The van der Waals surface area contributed by atoms with Gasteiger partial charge in [0.05, 0.1) is 6.04 Å². The second-order valence-corrected chi connectivity index (χ2v) is 9.61. The monoisotopic (exact) mass is 479 g/mol. The number of nitrogens with zero attached hydrogens (tertiary/aromatic N) is 2. The van der Waals surface area contributed by atoms with E-state index in [-0.39, 0.29) is 36.3 Å². The number of fused-ring (bicyclic) bond motifs is 1. The second-order valence-electron chi connectivity index (χ2n) is 8.67. The molecule has 2 aliphatic rings. The molecule has 6 nitrogen and oxygen atoms in total. The summed E-state index contributed by atoms with van der Waals surface area (Å²) in [4.78, 5) is 31.1. The molecule has 34 heavy (non-hydrogen) atoms. The summed E-state index contributed by atoms with van der Waals surface area (Å²) in [5.41, 5.74) is 3.22. The van der Waals surface area contributed by atoms with Crippen LogP contribution in [0.1, 0.15) is 64.4 Å². The van der Waals surface area contributed by atoms with Crippen molar-refractivity contribution in [2.45, 2.75) is 51.3 Å². The first-order valence-corrected chi connectivity index (χ1v) is 12.5. The van der Waals surface area contributed by atoms with E-state index < -0.39 is 0 Å². The van der Waals surface area contributed by atoms with Crippen molar-refractivity contribution < 1.29 is 18.7 Å². The molecule has 1 aromatic heterocycles. The van der Waals surface area contributed by atoms with Crippen molar-refractivity contribution >= 4 is 23.2 Å². The van der Waals surface area contributed by atoms with Crippen LogP contribution in [-0.2, 0) is 17.8 Å². The zero-order valence-corrected chi connectivity index (χ0v) is 19.7. The van der Waals surface area contributed by atoms with Crippen molar-refractivity contribution in [3.63, 3.8) is 0 Å². The summed E-state index contributed by atoms with van der Waals surface area (Å²) >= 11 is 1.39. The van der Waals surface area contributed by atoms with Crippen molar-refractivity contribution in [2.75, 3.05) is 6.54 Å². The SMILES string of the molecule is CCC(=O)N1CCc2ccc(OCc3nc(C(=O)NC4CC4)cs3)cc2[C@@H]1c1cccc(F)c1. The molecule has 1 aliphatic heterocycles. The number of hydrogen-bond acceptors (Lipinski definition) is 5. The topological polar surface area (TPSA) is 71.5 Å². The van der Waals surface area contributed by atoms with Crippen LogP contribution in [-0.4, -0.2) is 34.3 Å². The molecular formula is C26H26FN3O3S. The average Bonchev–Trinajstić information content (AvgIpc) is 3.53. The van der Waals surface area contributed by atoms with Crippen molar-refractivity contribution in [3.05, 3.63) is 81.1 Å². The molecule has 176 valence electrons. The Morgan fingerprint density at radius 1 is 1.24 bits per heavy atom. The van der Waals surface area contributed by atoms with E-state index in [0.29, 0.717) is 29.4 Å². The van der Waals surface area contributed by atoms with Gasteiger partial charge in [0, 0.05) is 24.4 Å². The van der Waals surface area contributed by atoms with Gasteiger partial charge in [-0.15, -0.1) is 11.3 Å². The minimum atomic E-state index is -0.368. The summed E-state index contributed by atoms with van der Waals surface area (Å²) in [5, 5.41) is 5.40. The lowest BCUT2D eigenvalue weighted by molar-refractivity contribution is -0.132. The molecule has 2 amide bonds. The predicted molar refractivity (Wildman–Crippen MR) is 127 cm³/mol. The highest BCUT2D eigenvalue weighted by atomic mass is 32.1. The van der Waals surface area contributed by atoms with Crippen LogP contribution >= 0.6 is 11.3 Å². The van der Waals surface area contributed by atoms with E-state index in [4.69, 9.17) is 4.74 Å². The standard InChI is InChI=1S/C26H26FN3O3S/c1-2-24(31)30-11-10-16-6-9-20(13-21(16)25(30)17-4-3-5-18(27)12-17)33-14-23-29-22(15-34-23)26(32)28-19-7-8-19/h3-6,9,12-13,15,19,25H,2,7-8,10-11,14H2,1H3,(H,28,32)/t25-/m0/s1. The number of carbonyl (C=O) groups is 2. The van der Waals surface area contributed by atoms with Gasteiger partial charge >= 0.3 is 0 Å². The molecule has 1 saturated carbocycles. The molecular weight excluding hydrogens is 453 g/mol. The molecule has 0 radical (unpaired) electrons. The Hall–Kier alpha value is -3.26. The fourth-order valence-electron chi connectivity index (χ4n) is 4.30. The van der Waals surface area contributed by atoms with Crippen LogP contribution in [0.25, 0.3) is 0 Å². The highest BCUT2D eigenvalue weighted by Gasteiger charge is 2.32. The molecule has 1 atom stereocenters. The molecule has 1 aliphatic carbocycles. The van der Waals surface area contributed by atoms with Gasteiger partial charge in [0.25, 0.3) is 5.91 Å². The molecule has 0 spiro atoms. The largest absolute Gasteiger partial charge is 0.486 e. The lowest BCUT2D eigenvalue weighted by Gasteiger charge is -2.38. The third-order valence-electron chi connectivity index (χ3n) is 6.19. The summed E-state index contributed by atoms with van der Waals surface area (Å²) in [6.07, 6.45) is 3.18. The van der Waals surface area contributed by atoms with E-state index in [1.807, 2.05) is 36.1 Å². The van der Waals surface area contributed by atoms with Crippen molar-refractivity contribution in [2.24, 2.45) is 0 Å². The summed E-state index contributed by atoms with van der Waals surface area (Å²) in [6, 6.07) is 12.2. The molecule has 3 aromatic rings. The fraction of sp³-hybridized carbons (Fsp3) is 0.346. The molecule has 0 bridgehead atoms. The van der Waals surface area contributed by atoms with E-state index in [0.717, 1.165) is 36.0 Å².